The van der Waals surface area contributed by atoms with Crippen LogP contribution >= 0.6 is 0 Å². The minimum Gasteiger partial charge on any atom is -0.340 e. The Labute approximate surface area is 143 Å². The Bertz CT molecular complexity index is 692. The van der Waals surface area contributed by atoms with E-state index in [0.29, 0.717) is 19.5 Å². The van der Waals surface area contributed by atoms with Crippen LogP contribution in [-0.4, -0.2) is 68.4 Å². The summed E-state index contributed by atoms with van der Waals surface area (Å²) in [5.41, 5.74) is 1.19. The molecule has 1 atom stereocenters. The van der Waals surface area contributed by atoms with E-state index in [2.05, 4.69) is 29.2 Å². The number of benzene rings is 1. The van der Waals surface area contributed by atoms with Gasteiger partial charge in [-0.2, -0.15) is 0 Å². The lowest BCUT2D eigenvalue weighted by Gasteiger charge is -2.35. The molecule has 1 aromatic rings. The van der Waals surface area contributed by atoms with Crippen LogP contribution in [0, 0.1) is 5.92 Å². The second kappa shape index (κ2) is 7.49. The van der Waals surface area contributed by atoms with Crippen molar-refractivity contribution in [1.29, 1.82) is 0 Å². The standard InChI is InChI=1S/C18H24N2O3S/c21-18(17-8-14-24(22,23)15-17)20-12-10-19(11-13-20)9-4-7-16-5-2-1-3-6-16/h1-7,17H,8-15H2. The summed E-state index contributed by atoms with van der Waals surface area (Å²) in [5, 5.41) is 0. The Balaban J connectivity index is 1.44. The normalized spacial score (nSPS) is 24.5. The molecule has 1 aromatic carbocycles. The Kier molecular flexibility index (Phi) is 5.36. The molecular weight excluding hydrogens is 324 g/mol. The van der Waals surface area contributed by atoms with Crippen molar-refractivity contribution in [3.05, 3.63) is 42.0 Å². The van der Waals surface area contributed by atoms with E-state index in [-0.39, 0.29) is 23.3 Å². The number of rotatable bonds is 4. The van der Waals surface area contributed by atoms with E-state index in [4.69, 9.17) is 0 Å². The van der Waals surface area contributed by atoms with Crippen LogP contribution in [0.5, 0.6) is 0 Å². The highest BCUT2D eigenvalue weighted by Gasteiger charge is 2.36. The Hall–Kier alpha value is -1.66. The van der Waals surface area contributed by atoms with Gasteiger partial charge in [-0.25, -0.2) is 8.42 Å². The summed E-state index contributed by atoms with van der Waals surface area (Å²) in [7, 11) is -3.00. The van der Waals surface area contributed by atoms with Crippen molar-refractivity contribution < 1.29 is 13.2 Å². The van der Waals surface area contributed by atoms with Gasteiger partial charge in [0.2, 0.25) is 5.91 Å². The van der Waals surface area contributed by atoms with Crippen molar-refractivity contribution >= 4 is 21.8 Å². The minimum atomic E-state index is -3.00. The lowest BCUT2D eigenvalue weighted by Crippen LogP contribution is -2.50. The zero-order valence-corrected chi connectivity index (χ0v) is 14.6. The monoisotopic (exact) mass is 348 g/mol. The second-order valence-corrected chi connectivity index (χ2v) is 8.77. The molecule has 0 radical (unpaired) electrons. The number of amides is 1. The molecule has 5 nitrogen and oxygen atoms in total. The molecule has 0 saturated carbocycles. The highest BCUT2D eigenvalue weighted by molar-refractivity contribution is 7.91. The van der Waals surface area contributed by atoms with E-state index in [1.165, 1.54) is 5.56 Å². The summed E-state index contributed by atoms with van der Waals surface area (Å²) in [5.74, 6) is -0.102. The molecule has 0 aromatic heterocycles. The molecule has 130 valence electrons. The lowest BCUT2D eigenvalue weighted by molar-refractivity contribution is -0.136. The van der Waals surface area contributed by atoms with Crippen molar-refractivity contribution in [2.75, 3.05) is 44.2 Å². The molecule has 2 aliphatic heterocycles. The summed E-state index contributed by atoms with van der Waals surface area (Å²) >= 11 is 0. The van der Waals surface area contributed by atoms with Crippen LogP contribution in [0.25, 0.3) is 6.08 Å². The molecule has 0 spiro atoms. The fourth-order valence-corrected chi connectivity index (χ4v) is 5.03. The maximum atomic E-state index is 12.4. The summed E-state index contributed by atoms with van der Waals surface area (Å²) in [6, 6.07) is 10.2. The second-order valence-electron chi connectivity index (χ2n) is 6.54. The number of hydrogen-bond acceptors (Lipinski definition) is 4. The molecule has 2 fully saturated rings. The first-order valence-electron chi connectivity index (χ1n) is 8.47. The van der Waals surface area contributed by atoms with Crippen LogP contribution in [0.4, 0.5) is 0 Å². The Morgan fingerprint density at radius 2 is 1.83 bits per heavy atom. The Morgan fingerprint density at radius 1 is 1.12 bits per heavy atom. The number of carbonyl (C=O) groups is 1. The zero-order valence-electron chi connectivity index (χ0n) is 13.8. The molecule has 0 aliphatic carbocycles. The van der Waals surface area contributed by atoms with E-state index in [9.17, 15) is 13.2 Å². The molecule has 2 heterocycles. The maximum Gasteiger partial charge on any atom is 0.226 e. The van der Waals surface area contributed by atoms with Crippen LogP contribution in [0.1, 0.15) is 12.0 Å². The number of piperazine rings is 1. The van der Waals surface area contributed by atoms with E-state index >= 15 is 0 Å². The van der Waals surface area contributed by atoms with E-state index in [1.807, 2.05) is 23.1 Å². The van der Waals surface area contributed by atoms with Gasteiger partial charge in [-0.05, 0) is 12.0 Å². The maximum absolute atomic E-state index is 12.4. The van der Waals surface area contributed by atoms with Gasteiger partial charge in [0.1, 0.15) is 0 Å². The van der Waals surface area contributed by atoms with E-state index in [0.717, 1.165) is 19.6 Å². The first-order chi connectivity index (χ1) is 11.5. The average Bonchev–Trinajstić information content (AvgIpc) is 2.96. The highest BCUT2D eigenvalue weighted by Crippen LogP contribution is 2.21. The predicted molar refractivity (Wildman–Crippen MR) is 95.3 cm³/mol. The van der Waals surface area contributed by atoms with Gasteiger partial charge in [0.05, 0.1) is 17.4 Å². The molecule has 24 heavy (non-hydrogen) atoms. The fraction of sp³-hybridized carbons (Fsp3) is 0.500. The Morgan fingerprint density at radius 3 is 2.46 bits per heavy atom. The molecule has 1 amide bonds. The van der Waals surface area contributed by atoms with Crippen molar-refractivity contribution in [3.63, 3.8) is 0 Å². The predicted octanol–water partition coefficient (Wildman–Crippen LogP) is 1.28. The van der Waals surface area contributed by atoms with Gasteiger partial charge in [-0.3, -0.25) is 9.69 Å². The van der Waals surface area contributed by atoms with Gasteiger partial charge < -0.3 is 4.90 Å². The third-order valence-electron chi connectivity index (χ3n) is 4.74. The first-order valence-corrected chi connectivity index (χ1v) is 10.3. The van der Waals surface area contributed by atoms with Crippen molar-refractivity contribution in [2.24, 2.45) is 5.92 Å². The van der Waals surface area contributed by atoms with Gasteiger partial charge in [0.25, 0.3) is 0 Å². The van der Waals surface area contributed by atoms with Crippen LogP contribution in [-0.2, 0) is 14.6 Å². The molecule has 2 aliphatic rings. The number of hydrogen-bond donors (Lipinski definition) is 0. The van der Waals surface area contributed by atoms with E-state index in [1.54, 1.807) is 0 Å². The molecule has 3 rings (SSSR count). The summed E-state index contributed by atoms with van der Waals surface area (Å²) in [4.78, 5) is 16.6. The van der Waals surface area contributed by atoms with Gasteiger partial charge in [-0.1, -0.05) is 42.5 Å². The number of carbonyl (C=O) groups excluding carboxylic acids is 1. The fourth-order valence-electron chi connectivity index (χ4n) is 3.30. The third kappa shape index (κ3) is 4.45. The van der Waals surface area contributed by atoms with Gasteiger partial charge in [0.15, 0.2) is 9.84 Å². The number of sulfone groups is 1. The van der Waals surface area contributed by atoms with Crippen LogP contribution in [0.15, 0.2) is 36.4 Å². The molecule has 0 bridgehead atoms. The molecule has 2 saturated heterocycles. The van der Waals surface area contributed by atoms with Crippen molar-refractivity contribution in [2.45, 2.75) is 6.42 Å². The largest absolute Gasteiger partial charge is 0.340 e. The molecular formula is C18H24N2O3S. The average molecular weight is 348 g/mol. The SMILES string of the molecule is O=C(C1CCS(=O)(=O)C1)N1CCN(CC=Cc2ccccc2)CC1. The van der Waals surface area contributed by atoms with Gasteiger partial charge in [-0.15, -0.1) is 0 Å². The molecule has 1 unspecified atom stereocenters. The first kappa shape index (κ1) is 17.2. The van der Waals surface area contributed by atoms with Crippen LogP contribution in [0.3, 0.4) is 0 Å². The molecule has 0 N–H and O–H groups in total. The van der Waals surface area contributed by atoms with Crippen LogP contribution in [0.2, 0.25) is 0 Å². The summed E-state index contributed by atoms with van der Waals surface area (Å²) < 4.78 is 23.1. The topological polar surface area (TPSA) is 57.7 Å². The number of nitrogens with zero attached hydrogens (tertiary/aromatic N) is 2. The summed E-state index contributed by atoms with van der Waals surface area (Å²) in [6.07, 6.45) is 4.75. The lowest BCUT2D eigenvalue weighted by atomic mass is 10.1. The van der Waals surface area contributed by atoms with E-state index < -0.39 is 9.84 Å². The van der Waals surface area contributed by atoms with Crippen molar-refractivity contribution in [1.82, 2.24) is 9.80 Å². The van der Waals surface area contributed by atoms with Crippen LogP contribution < -0.4 is 0 Å². The molecule has 6 heteroatoms. The smallest absolute Gasteiger partial charge is 0.226 e. The van der Waals surface area contributed by atoms with Crippen molar-refractivity contribution in [3.8, 4) is 0 Å². The minimum absolute atomic E-state index is 0.0237. The van der Waals surface area contributed by atoms with Gasteiger partial charge in [0, 0.05) is 32.7 Å². The quantitative estimate of drug-likeness (QED) is 0.822. The zero-order chi connectivity index (χ0) is 17.0. The summed E-state index contributed by atoms with van der Waals surface area (Å²) in [6.45, 7) is 3.92. The third-order valence-corrected chi connectivity index (χ3v) is 6.51. The van der Waals surface area contributed by atoms with Gasteiger partial charge >= 0.3 is 0 Å². The highest BCUT2D eigenvalue weighted by atomic mass is 32.2.